The van der Waals surface area contributed by atoms with E-state index in [1.807, 2.05) is 23.5 Å². The van der Waals surface area contributed by atoms with E-state index >= 15 is 0 Å². The third-order valence-electron chi connectivity index (χ3n) is 10.0. The molecule has 11 aromatic rings. The van der Waals surface area contributed by atoms with Gasteiger partial charge in [-0.05, 0) is 70.4 Å². The average Bonchev–Trinajstić information content (AvgIpc) is 3.87. The Labute approximate surface area is 290 Å². The van der Waals surface area contributed by atoms with Crippen LogP contribution in [0.5, 0.6) is 0 Å². The monoisotopic (exact) mass is 657 g/mol. The number of hydrogen-bond acceptors (Lipinski definition) is 4. The Morgan fingerprint density at radius 1 is 0.420 bits per heavy atom. The summed E-state index contributed by atoms with van der Waals surface area (Å²) in [5, 5.41) is 9.23. The van der Waals surface area contributed by atoms with E-state index in [0.717, 1.165) is 66.3 Å². The van der Waals surface area contributed by atoms with E-state index in [0.29, 0.717) is 0 Å². The Bertz CT molecular complexity index is 3110. The SMILES string of the molecule is c1ccc2cc(-c3ccc(N(c4cccc5c4oc4ccccc45)c4cc5c6ccccc6oc5c5c4sc4ccccc45)cc3)ccc2c1. The fraction of sp³-hybridized carbons (Fsp3) is 0. The van der Waals surface area contributed by atoms with E-state index in [1.54, 1.807) is 0 Å². The van der Waals surface area contributed by atoms with Gasteiger partial charge in [0.1, 0.15) is 16.7 Å². The number of anilines is 3. The summed E-state index contributed by atoms with van der Waals surface area (Å²) in [5.74, 6) is 0. The second-order valence-corrected chi connectivity index (χ2v) is 13.9. The molecule has 0 amide bonds. The normalized spacial score (nSPS) is 12.0. The molecule has 0 spiro atoms. The smallest absolute Gasteiger partial charge is 0.159 e. The van der Waals surface area contributed by atoms with Gasteiger partial charge in [-0.25, -0.2) is 0 Å². The van der Waals surface area contributed by atoms with Crippen molar-refractivity contribution in [2.24, 2.45) is 0 Å². The van der Waals surface area contributed by atoms with Crippen LogP contribution in [-0.2, 0) is 0 Å². The molecular formula is C46H27NO2S. The molecule has 0 radical (unpaired) electrons. The van der Waals surface area contributed by atoms with E-state index < -0.39 is 0 Å². The zero-order valence-electron chi connectivity index (χ0n) is 26.8. The van der Waals surface area contributed by atoms with Crippen LogP contribution in [0, 0.1) is 0 Å². The lowest BCUT2D eigenvalue weighted by Gasteiger charge is -2.26. The number of hydrogen-bond donors (Lipinski definition) is 0. The minimum atomic E-state index is 0.860. The van der Waals surface area contributed by atoms with Crippen LogP contribution in [-0.4, -0.2) is 0 Å². The first kappa shape index (κ1) is 27.6. The highest BCUT2D eigenvalue weighted by Gasteiger charge is 2.25. The summed E-state index contributed by atoms with van der Waals surface area (Å²) in [6.45, 7) is 0. The van der Waals surface area contributed by atoms with Crippen molar-refractivity contribution in [1.82, 2.24) is 0 Å². The lowest BCUT2D eigenvalue weighted by atomic mass is 10.0. The molecule has 0 aliphatic heterocycles. The zero-order chi connectivity index (χ0) is 32.8. The number of nitrogens with zero attached hydrogens (tertiary/aromatic N) is 1. The van der Waals surface area contributed by atoms with E-state index in [9.17, 15) is 0 Å². The molecule has 3 nitrogen and oxygen atoms in total. The quantitative estimate of drug-likeness (QED) is 0.189. The van der Waals surface area contributed by atoms with Crippen LogP contribution >= 0.6 is 11.3 Å². The van der Waals surface area contributed by atoms with Gasteiger partial charge in [-0.15, -0.1) is 11.3 Å². The van der Waals surface area contributed by atoms with Gasteiger partial charge >= 0.3 is 0 Å². The molecule has 8 aromatic carbocycles. The lowest BCUT2D eigenvalue weighted by molar-refractivity contribution is 0.669. The molecule has 4 heteroatoms. The van der Waals surface area contributed by atoms with Gasteiger partial charge in [-0.3, -0.25) is 0 Å². The zero-order valence-corrected chi connectivity index (χ0v) is 27.6. The molecule has 3 aromatic heterocycles. The number of fused-ring (bicyclic) bond motifs is 11. The van der Waals surface area contributed by atoms with E-state index in [2.05, 4.69) is 157 Å². The van der Waals surface area contributed by atoms with Gasteiger partial charge in [-0.2, -0.15) is 0 Å². The summed E-state index contributed by atoms with van der Waals surface area (Å²) in [6, 6.07) is 58.3. The second kappa shape index (κ2) is 10.6. The van der Waals surface area contributed by atoms with Crippen molar-refractivity contribution in [3.05, 3.63) is 164 Å². The highest BCUT2D eigenvalue weighted by atomic mass is 32.1. The van der Waals surface area contributed by atoms with Gasteiger partial charge in [0.2, 0.25) is 0 Å². The topological polar surface area (TPSA) is 29.5 Å². The van der Waals surface area contributed by atoms with E-state index in [4.69, 9.17) is 8.83 Å². The standard InChI is InChI=1S/C46H27NO2S/c1-2-11-30-26-31(21-20-28(30)10-1)29-22-24-32(25-23-29)47(38-16-9-15-35-33-12-3-6-17-40(33)48-44(35)38)39-27-37-34-13-4-7-18-41(34)49-45(37)43-36-14-5-8-19-42(36)50-46(39)43/h1-27H. The molecule has 0 N–H and O–H groups in total. The fourth-order valence-corrected chi connectivity index (χ4v) is 8.91. The summed E-state index contributed by atoms with van der Waals surface area (Å²) in [6.07, 6.45) is 0. The molecule has 50 heavy (non-hydrogen) atoms. The second-order valence-electron chi connectivity index (χ2n) is 12.9. The number of furan rings is 2. The van der Waals surface area contributed by atoms with Crippen LogP contribution in [0.3, 0.4) is 0 Å². The first-order chi connectivity index (χ1) is 24.8. The number of rotatable bonds is 4. The van der Waals surface area contributed by atoms with Crippen molar-refractivity contribution < 1.29 is 8.83 Å². The van der Waals surface area contributed by atoms with Crippen molar-refractivity contribution >= 4 is 103 Å². The summed E-state index contributed by atoms with van der Waals surface area (Å²) in [4.78, 5) is 2.38. The molecular weight excluding hydrogens is 631 g/mol. The first-order valence-electron chi connectivity index (χ1n) is 16.8. The lowest BCUT2D eigenvalue weighted by Crippen LogP contribution is -2.10. The molecule has 0 saturated carbocycles. The molecule has 0 bridgehead atoms. The maximum Gasteiger partial charge on any atom is 0.159 e. The Kier molecular flexibility index (Phi) is 5.83. The Hall–Kier alpha value is -6.36. The van der Waals surface area contributed by atoms with Gasteiger partial charge in [0.25, 0.3) is 0 Å². The highest BCUT2D eigenvalue weighted by Crippen LogP contribution is 2.51. The molecule has 0 atom stereocenters. The molecule has 0 fully saturated rings. The summed E-state index contributed by atoms with van der Waals surface area (Å²) in [5.41, 5.74) is 9.05. The number of benzene rings is 8. The third kappa shape index (κ3) is 4.03. The fourth-order valence-electron chi connectivity index (χ4n) is 7.70. The van der Waals surface area contributed by atoms with Gasteiger partial charge in [0.05, 0.1) is 16.1 Å². The van der Waals surface area contributed by atoms with Crippen LogP contribution in [0.4, 0.5) is 17.1 Å². The Balaban J connectivity index is 1.21. The van der Waals surface area contributed by atoms with Gasteiger partial charge < -0.3 is 13.7 Å². The van der Waals surface area contributed by atoms with Crippen molar-refractivity contribution in [1.29, 1.82) is 0 Å². The molecule has 3 heterocycles. The van der Waals surface area contributed by atoms with Crippen LogP contribution < -0.4 is 4.90 Å². The van der Waals surface area contributed by atoms with Crippen LogP contribution in [0.2, 0.25) is 0 Å². The molecule has 11 rings (SSSR count). The Morgan fingerprint density at radius 3 is 1.88 bits per heavy atom. The van der Waals surface area contributed by atoms with Crippen molar-refractivity contribution in [2.75, 3.05) is 4.90 Å². The maximum absolute atomic E-state index is 6.70. The summed E-state index contributed by atoms with van der Waals surface area (Å²) >= 11 is 1.81. The van der Waals surface area contributed by atoms with Crippen LogP contribution in [0.15, 0.2) is 173 Å². The van der Waals surface area contributed by atoms with Gasteiger partial charge in [-0.1, -0.05) is 115 Å². The summed E-state index contributed by atoms with van der Waals surface area (Å²) < 4.78 is 15.7. The van der Waals surface area contributed by atoms with E-state index in [1.165, 1.54) is 36.7 Å². The van der Waals surface area contributed by atoms with Crippen molar-refractivity contribution in [2.45, 2.75) is 0 Å². The molecule has 0 aliphatic carbocycles. The third-order valence-corrected chi connectivity index (χ3v) is 11.2. The highest BCUT2D eigenvalue weighted by molar-refractivity contribution is 7.26. The van der Waals surface area contributed by atoms with Gasteiger partial charge in [0.15, 0.2) is 5.58 Å². The molecule has 0 saturated heterocycles. The average molecular weight is 658 g/mol. The number of para-hydroxylation sites is 3. The van der Waals surface area contributed by atoms with Crippen molar-refractivity contribution in [3.8, 4) is 11.1 Å². The molecule has 0 unspecified atom stereocenters. The minimum absolute atomic E-state index is 0.860. The summed E-state index contributed by atoms with van der Waals surface area (Å²) in [7, 11) is 0. The van der Waals surface area contributed by atoms with Crippen molar-refractivity contribution in [3.63, 3.8) is 0 Å². The predicted molar refractivity (Wildman–Crippen MR) is 212 cm³/mol. The van der Waals surface area contributed by atoms with Crippen LogP contribution in [0.25, 0.3) is 85.9 Å². The van der Waals surface area contributed by atoms with E-state index in [-0.39, 0.29) is 0 Å². The largest absolute Gasteiger partial charge is 0.455 e. The maximum atomic E-state index is 6.70. The first-order valence-corrected chi connectivity index (χ1v) is 17.7. The minimum Gasteiger partial charge on any atom is -0.455 e. The number of thiophene rings is 1. The Morgan fingerprint density at radius 2 is 1.06 bits per heavy atom. The predicted octanol–water partition coefficient (Wildman–Crippen LogP) is 14.1. The molecule has 0 aliphatic rings. The van der Waals surface area contributed by atoms with Gasteiger partial charge in [0, 0.05) is 42.7 Å². The molecule has 234 valence electrons. The van der Waals surface area contributed by atoms with Crippen LogP contribution in [0.1, 0.15) is 0 Å².